The van der Waals surface area contributed by atoms with Gasteiger partial charge >= 0.3 is 0 Å². The Hall–Kier alpha value is -5.31. The highest BCUT2D eigenvalue weighted by molar-refractivity contribution is 7.89. The van der Waals surface area contributed by atoms with Crippen molar-refractivity contribution in [3.05, 3.63) is 155 Å². The first-order valence-corrected chi connectivity index (χ1v) is 21.3. The summed E-state index contributed by atoms with van der Waals surface area (Å²) in [6, 6.07) is 34.3. The predicted molar refractivity (Wildman–Crippen MR) is 224 cm³/mol. The molecule has 7 rings (SSSR count). The van der Waals surface area contributed by atoms with Gasteiger partial charge in [-0.1, -0.05) is 80.6 Å². The van der Waals surface area contributed by atoms with Gasteiger partial charge in [0.15, 0.2) is 0 Å². The molecule has 0 bridgehead atoms. The number of fused-ring (bicyclic) bond motifs is 2. The van der Waals surface area contributed by atoms with Gasteiger partial charge in [-0.25, -0.2) is 13.4 Å². The molecule has 4 aromatic carbocycles. The lowest BCUT2D eigenvalue weighted by Gasteiger charge is -2.32. The highest BCUT2D eigenvalue weighted by Gasteiger charge is 2.38. The zero-order chi connectivity index (χ0) is 39.4. The molecule has 3 aromatic heterocycles. The topological polar surface area (TPSA) is 133 Å². The van der Waals surface area contributed by atoms with Gasteiger partial charge < -0.3 is 15.3 Å². The number of amides is 2. The zero-order valence-electron chi connectivity index (χ0n) is 31.0. The number of carbonyl (C=O) groups is 2. The van der Waals surface area contributed by atoms with Crippen molar-refractivity contribution < 1.29 is 23.1 Å². The molecule has 56 heavy (non-hydrogen) atoms. The van der Waals surface area contributed by atoms with Crippen LogP contribution in [0.15, 0.2) is 138 Å². The van der Waals surface area contributed by atoms with Crippen molar-refractivity contribution in [2.45, 2.75) is 36.7 Å². The first kappa shape index (κ1) is 38.9. The largest absolute Gasteiger partial charge is 0.394 e. The minimum atomic E-state index is -4.07. The number of carbonyl (C=O) groups excluding carboxylic acids is 2. The molecule has 0 aliphatic heterocycles. The van der Waals surface area contributed by atoms with E-state index in [1.807, 2.05) is 80.6 Å². The number of benzene rings is 4. The number of aromatic nitrogens is 2. The highest BCUT2D eigenvalue weighted by Crippen LogP contribution is 2.39. The van der Waals surface area contributed by atoms with Crippen LogP contribution in [0.25, 0.3) is 21.1 Å². The fourth-order valence-electron chi connectivity index (χ4n) is 6.94. The summed E-state index contributed by atoms with van der Waals surface area (Å²) in [5, 5.41) is 15.3. The molecule has 0 saturated carbocycles. The van der Waals surface area contributed by atoms with Gasteiger partial charge in [-0.2, -0.15) is 4.31 Å². The van der Waals surface area contributed by atoms with Crippen molar-refractivity contribution in [3.8, 4) is 0 Å². The van der Waals surface area contributed by atoms with Crippen LogP contribution in [0.4, 0.5) is 5.00 Å². The number of nitrogens with zero attached hydrogens (tertiary/aromatic N) is 4. The lowest BCUT2D eigenvalue weighted by atomic mass is 9.82. The third-order valence-corrected chi connectivity index (χ3v) is 13.6. The number of hydrogen-bond donors (Lipinski definition) is 2. The molecule has 0 spiro atoms. The van der Waals surface area contributed by atoms with E-state index >= 15 is 4.79 Å². The lowest BCUT2D eigenvalue weighted by molar-refractivity contribution is -0.120. The predicted octanol–water partition coefficient (Wildman–Crippen LogP) is 7.88. The van der Waals surface area contributed by atoms with Crippen molar-refractivity contribution >= 4 is 70.6 Å². The van der Waals surface area contributed by atoms with Crippen LogP contribution in [0.5, 0.6) is 0 Å². The molecule has 0 saturated heterocycles. The molecule has 13 heteroatoms. The first-order chi connectivity index (χ1) is 27.1. The van der Waals surface area contributed by atoms with Crippen molar-refractivity contribution in [1.29, 1.82) is 0 Å². The summed E-state index contributed by atoms with van der Waals surface area (Å²) >= 11 is 2.58. The molecule has 2 amide bonds. The second kappa shape index (κ2) is 16.8. The van der Waals surface area contributed by atoms with Crippen LogP contribution in [0.3, 0.4) is 0 Å². The van der Waals surface area contributed by atoms with Crippen molar-refractivity contribution in [2.24, 2.45) is 5.92 Å². The minimum absolute atomic E-state index is 0.0529. The molecule has 0 fully saturated rings. The number of hydrogen-bond acceptors (Lipinski definition) is 9. The summed E-state index contributed by atoms with van der Waals surface area (Å²) in [5.74, 6) is -1.47. The maximum absolute atomic E-state index is 15.0. The first-order valence-electron chi connectivity index (χ1n) is 18.1. The van der Waals surface area contributed by atoms with E-state index in [2.05, 4.69) is 15.3 Å². The van der Waals surface area contributed by atoms with E-state index in [1.54, 1.807) is 73.4 Å². The molecule has 3 unspecified atom stereocenters. The smallest absolute Gasteiger partial charge is 0.251 e. The fraction of sp³-hybridized carbons (Fsp3) is 0.209. The van der Waals surface area contributed by atoms with E-state index in [0.717, 1.165) is 26.7 Å². The Bertz CT molecular complexity index is 2570. The average Bonchev–Trinajstić information content (AvgIpc) is 3.91. The second-order valence-corrected chi connectivity index (χ2v) is 17.7. The minimum Gasteiger partial charge on any atom is -0.394 e. The number of thiazole rings is 1. The summed E-state index contributed by atoms with van der Waals surface area (Å²) in [7, 11) is -2.42. The zero-order valence-corrected chi connectivity index (χ0v) is 33.5. The third-order valence-electron chi connectivity index (χ3n) is 9.67. The standard InChI is InChI=1S/C43H41N5O5S3/c1-28(2)25-48(56(52,53)31-19-20-35-38(24-31)54-27-45-35)36(26-49)37-21-22-39(55-37)47(3)43(51)41(46-42(50)30-14-8-5-9-15-30)40(29-12-6-4-7-13-29)33-16-10-18-34-32(33)17-11-23-44-34/h4-24,27-28,36,40-41,49H,25-26H2,1-3H3,(H,46,50). The van der Waals surface area contributed by atoms with Gasteiger partial charge in [0.2, 0.25) is 10.0 Å². The normalized spacial score (nSPS) is 13.5. The lowest BCUT2D eigenvalue weighted by Crippen LogP contribution is -2.51. The Balaban J connectivity index is 1.28. The Morgan fingerprint density at radius 2 is 1.59 bits per heavy atom. The van der Waals surface area contributed by atoms with Crippen LogP contribution < -0.4 is 10.2 Å². The van der Waals surface area contributed by atoms with E-state index < -0.39 is 40.5 Å². The Kier molecular flexibility index (Phi) is 11.7. The molecular formula is C43H41N5O5S3. The number of likely N-dealkylation sites (N-methyl/N-ethyl adjacent to an activating group) is 1. The Labute approximate surface area is 334 Å². The van der Waals surface area contributed by atoms with Gasteiger partial charge in [-0.3, -0.25) is 14.6 Å². The highest BCUT2D eigenvalue weighted by atomic mass is 32.2. The van der Waals surface area contributed by atoms with E-state index in [1.165, 1.54) is 31.9 Å². The molecule has 286 valence electrons. The molecule has 0 aliphatic rings. The van der Waals surface area contributed by atoms with Crippen LogP contribution in [0.1, 0.15) is 52.2 Å². The Morgan fingerprint density at radius 1 is 0.839 bits per heavy atom. The summed E-state index contributed by atoms with van der Waals surface area (Å²) in [6.07, 6.45) is 1.72. The number of aliphatic hydroxyl groups is 1. The van der Waals surface area contributed by atoms with Gasteiger partial charge in [0.1, 0.15) is 6.04 Å². The second-order valence-electron chi connectivity index (χ2n) is 13.8. The molecule has 7 aromatic rings. The van der Waals surface area contributed by atoms with E-state index in [9.17, 15) is 18.3 Å². The van der Waals surface area contributed by atoms with Gasteiger partial charge in [-0.05, 0) is 71.6 Å². The fourth-order valence-corrected chi connectivity index (χ4v) is 10.7. The Morgan fingerprint density at radius 3 is 2.32 bits per heavy atom. The van der Waals surface area contributed by atoms with Crippen LogP contribution in [-0.4, -0.2) is 65.9 Å². The molecule has 3 atom stereocenters. The molecule has 0 aliphatic carbocycles. The van der Waals surface area contributed by atoms with Gasteiger partial charge in [0.25, 0.3) is 11.8 Å². The van der Waals surface area contributed by atoms with Crippen LogP contribution in [0, 0.1) is 5.92 Å². The maximum atomic E-state index is 15.0. The molecule has 10 nitrogen and oxygen atoms in total. The molecule has 0 radical (unpaired) electrons. The van der Waals surface area contributed by atoms with Gasteiger partial charge in [0, 0.05) is 41.5 Å². The number of aliphatic hydroxyl groups excluding tert-OH is 1. The van der Waals surface area contributed by atoms with Crippen LogP contribution in [0.2, 0.25) is 0 Å². The van der Waals surface area contributed by atoms with E-state index in [4.69, 9.17) is 0 Å². The summed E-state index contributed by atoms with van der Waals surface area (Å²) in [5.41, 5.74) is 5.19. The molecule has 2 N–H and O–H groups in total. The number of thiophene rings is 1. The van der Waals surface area contributed by atoms with Gasteiger partial charge in [0.05, 0.1) is 43.8 Å². The van der Waals surface area contributed by atoms with Crippen molar-refractivity contribution in [3.63, 3.8) is 0 Å². The maximum Gasteiger partial charge on any atom is 0.251 e. The van der Waals surface area contributed by atoms with Crippen LogP contribution >= 0.6 is 22.7 Å². The number of sulfonamides is 1. The van der Waals surface area contributed by atoms with Crippen LogP contribution in [-0.2, 0) is 14.8 Å². The number of anilines is 1. The van der Waals surface area contributed by atoms with Crippen molar-refractivity contribution in [2.75, 3.05) is 25.1 Å². The molecular weight excluding hydrogens is 763 g/mol. The number of nitrogens with one attached hydrogen (secondary N) is 1. The summed E-state index contributed by atoms with van der Waals surface area (Å²) < 4.78 is 30.7. The van der Waals surface area contributed by atoms with Gasteiger partial charge in [-0.15, -0.1) is 22.7 Å². The average molecular weight is 804 g/mol. The SMILES string of the molecule is CC(C)CN(C(CO)c1ccc(N(C)C(=O)C(NC(=O)c2ccccc2)C(c2ccccc2)c2cccc3ncccc23)s1)S(=O)(=O)c1ccc2ncsc2c1. The summed E-state index contributed by atoms with van der Waals surface area (Å²) in [6.45, 7) is 3.53. The third kappa shape index (κ3) is 7.99. The van der Waals surface area contributed by atoms with Crippen molar-refractivity contribution in [1.82, 2.24) is 19.6 Å². The van der Waals surface area contributed by atoms with E-state index in [0.29, 0.717) is 21.0 Å². The monoisotopic (exact) mass is 803 g/mol. The molecule has 3 heterocycles. The number of rotatable bonds is 14. The van der Waals surface area contributed by atoms with E-state index in [-0.39, 0.29) is 23.3 Å². The summed E-state index contributed by atoms with van der Waals surface area (Å²) in [4.78, 5) is 40.0. The number of pyridine rings is 1. The quantitative estimate of drug-likeness (QED) is 0.114.